The van der Waals surface area contributed by atoms with Gasteiger partial charge in [0.2, 0.25) is 0 Å². The van der Waals surface area contributed by atoms with Gasteiger partial charge in [-0.15, -0.1) is 6.58 Å². The quantitative estimate of drug-likeness (QED) is 0.399. The maximum atomic E-state index is 4.90. The fourth-order valence-corrected chi connectivity index (χ4v) is 0. The molecule has 0 aliphatic rings. The molecule has 0 aromatic carbocycles. The molecule has 0 unspecified atom stereocenters. The molecular weight excluding hydrogens is 143 g/mol. The molecule has 0 heterocycles. The lowest BCUT2D eigenvalue weighted by Gasteiger charge is -1.57. The Morgan fingerprint density at radius 2 is 1.86 bits per heavy atom. The van der Waals surface area contributed by atoms with E-state index in [0.29, 0.717) is 0 Å². The van der Waals surface area contributed by atoms with Crippen molar-refractivity contribution in [3.8, 4) is 0 Å². The van der Waals surface area contributed by atoms with Gasteiger partial charge in [-0.25, -0.2) is 0 Å². The first-order valence-corrected chi connectivity index (χ1v) is 6.33. The molecule has 0 atom stereocenters. The molecule has 0 aromatic rings. The van der Waals surface area contributed by atoms with E-state index in [9.17, 15) is 0 Å². The first-order chi connectivity index (χ1) is 3.33. The van der Waals surface area contributed by atoms with Gasteiger partial charge in [-0.3, -0.25) is 0 Å². The number of hydrogen-bond acceptors (Lipinski definition) is 0. The van der Waals surface area contributed by atoms with Gasteiger partial charge in [0.05, 0.1) is 0 Å². The first kappa shape index (κ1) is 11.0. The summed E-state index contributed by atoms with van der Waals surface area (Å²) in [5.74, 6) is 0. The van der Waals surface area contributed by atoms with Crippen molar-refractivity contribution in [2.24, 2.45) is 0 Å². The van der Waals surface area contributed by atoms with Crippen molar-refractivity contribution in [1.82, 2.24) is 0 Å². The normalized spacial score (nSPS) is 5.00. The standard InChI is InChI=1S/C4H8.2ClH.Mg/c1-3-4-2;;;/h3H,1,4H2,2H3;2*1H;/q;;;+2/p-2. The summed E-state index contributed by atoms with van der Waals surface area (Å²) in [5, 5.41) is 0. The highest BCUT2D eigenvalue weighted by atomic mass is 35.6. The van der Waals surface area contributed by atoms with Crippen LogP contribution in [0.15, 0.2) is 12.7 Å². The van der Waals surface area contributed by atoms with Crippen LogP contribution in [0.3, 0.4) is 0 Å². The molecule has 40 valence electrons. The molecule has 0 aromatic heterocycles. The highest BCUT2D eigenvalue weighted by Gasteiger charge is 1.64. The van der Waals surface area contributed by atoms with Gasteiger partial charge in [0.25, 0.3) is 0 Å². The number of allylic oxidation sites excluding steroid dienone is 1. The van der Waals surface area contributed by atoms with Gasteiger partial charge in [0, 0.05) is 0 Å². The monoisotopic (exact) mass is 150 g/mol. The fourth-order valence-electron chi connectivity index (χ4n) is 0. The molecule has 0 bridgehead atoms. The molecule has 0 N–H and O–H groups in total. The van der Waals surface area contributed by atoms with Gasteiger partial charge in [-0.2, -0.15) is 0 Å². The number of hydrogen-bond donors (Lipinski definition) is 0. The summed E-state index contributed by atoms with van der Waals surface area (Å²) < 4.78 is 0. The Balaban J connectivity index is 0. The zero-order chi connectivity index (χ0) is 6.12. The Morgan fingerprint density at radius 3 is 1.86 bits per heavy atom. The van der Waals surface area contributed by atoms with Crippen molar-refractivity contribution in [3.63, 3.8) is 0 Å². The van der Waals surface area contributed by atoms with Crippen LogP contribution >= 0.6 is 18.1 Å². The van der Waals surface area contributed by atoms with E-state index in [0.717, 1.165) is 6.42 Å². The van der Waals surface area contributed by atoms with Crippen molar-refractivity contribution in [2.75, 3.05) is 0 Å². The average Bonchev–Trinajstić information content (AvgIpc) is 1.69. The van der Waals surface area contributed by atoms with Gasteiger partial charge in [-0.1, -0.05) is 13.0 Å². The lowest BCUT2D eigenvalue weighted by atomic mass is 10.5. The topological polar surface area (TPSA) is 0 Å². The van der Waals surface area contributed by atoms with Gasteiger partial charge < -0.3 is 18.1 Å². The van der Waals surface area contributed by atoms with Crippen LogP contribution in [0.1, 0.15) is 13.3 Å². The first-order valence-electron chi connectivity index (χ1n) is 2.06. The van der Waals surface area contributed by atoms with Gasteiger partial charge >= 0.3 is 18.2 Å². The molecule has 0 saturated heterocycles. The van der Waals surface area contributed by atoms with E-state index < -0.39 is 18.2 Å². The summed E-state index contributed by atoms with van der Waals surface area (Å²) in [5.41, 5.74) is 0. The van der Waals surface area contributed by atoms with Crippen molar-refractivity contribution >= 4 is 36.3 Å². The Morgan fingerprint density at radius 1 is 1.71 bits per heavy atom. The Bertz CT molecular complexity index is 30.9. The smallest absolute Gasteiger partial charge is 0.309 e. The predicted octanol–water partition coefficient (Wildman–Crippen LogP) is 2.58. The minimum absolute atomic E-state index is 0.639. The van der Waals surface area contributed by atoms with Crippen LogP contribution in [0.4, 0.5) is 0 Å². The molecule has 0 nitrogen and oxygen atoms in total. The third kappa shape index (κ3) is 42.1. The van der Waals surface area contributed by atoms with E-state index in [1.807, 2.05) is 6.08 Å². The molecule has 0 spiro atoms. The zero-order valence-corrected chi connectivity index (χ0v) is 7.38. The second-order valence-electron chi connectivity index (χ2n) is 0.798. The second kappa shape index (κ2) is 15.7. The highest BCUT2D eigenvalue weighted by Crippen LogP contribution is 1.67. The highest BCUT2D eigenvalue weighted by molar-refractivity contribution is 7.22. The van der Waals surface area contributed by atoms with Crippen molar-refractivity contribution in [3.05, 3.63) is 12.7 Å². The summed E-state index contributed by atoms with van der Waals surface area (Å²) in [4.78, 5) is 0. The molecule has 0 radical (unpaired) electrons. The number of halogens is 2. The van der Waals surface area contributed by atoms with Crippen LogP contribution in [0.2, 0.25) is 0 Å². The van der Waals surface area contributed by atoms with E-state index in [2.05, 4.69) is 13.5 Å². The van der Waals surface area contributed by atoms with Crippen LogP contribution in [-0.2, 0) is 0 Å². The maximum Gasteiger partial charge on any atom is 0.618 e. The van der Waals surface area contributed by atoms with E-state index in [4.69, 9.17) is 18.1 Å². The summed E-state index contributed by atoms with van der Waals surface area (Å²) in [7, 11) is 9.81. The van der Waals surface area contributed by atoms with E-state index in [-0.39, 0.29) is 0 Å². The maximum absolute atomic E-state index is 4.90. The van der Waals surface area contributed by atoms with Crippen molar-refractivity contribution in [1.29, 1.82) is 0 Å². The van der Waals surface area contributed by atoms with E-state index in [1.54, 1.807) is 0 Å². The van der Waals surface area contributed by atoms with Crippen LogP contribution in [0, 0.1) is 0 Å². The second-order valence-corrected chi connectivity index (χ2v) is 3.42. The molecular formula is C4H8Cl2Mg. The van der Waals surface area contributed by atoms with Crippen LogP contribution in [0.5, 0.6) is 0 Å². The predicted molar refractivity (Wildman–Crippen MR) is 37.9 cm³/mol. The summed E-state index contributed by atoms with van der Waals surface area (Å²) in [6.07, 6.45) is 2.96. The molecule has 3 heteroatoms. The molecule has 0 amide bonds. The number of rotatable bonds is 1. The van der Waals surface area contributed by atoms with Crippen molar-refractivity contribution in [2.45, 2.75) is 13.3 Å². The molecule has 7 heavy (non-hydrogen) atoms. The largest absolute Gasteiger partial charge is 0.618 e. The van der Waals surface area contributed by atoms with Gasteiger partial charge in [-0.05, 0) is 6.42 Å². The third-order valence-corrected chi connectivity index (χ3v) is 0.289. The van der Waals surface area contributed by atoms with Crippen LogP contribution < -0.4 is 0 Å². The molecule has 0 fully saturated rings. The average molecular weight is 151 g/mol. The van der Waals surface area contributed by atoms with Gasteiger partial charge in [0.15, 0.2) is 0 Å². The summed E-state index contributed by atoms with van der Waals surface area (Å²) >= 11 is -0.639. The summed E-state index contributed by atoms with van der Waals surface area (Å²) in [6, 6.07) is 0. The van der Waals surface area contributed by atoms with Crippen molar-refractivity contribution < 1.29 is 0 Å². The Kier molecular flexibility index (Phi) is 24.6. The van der Waals surface area contributed by atoms with Crippen LogP contribution in [0.25, 0.3) is 0 Å². The summed E-state index contributed by atoms with van der Waals surface area (Å²) in [6.45, 7) is 5.54. The molecule has 0 saturated carbocycles. The van der Waals surface area contributed by atoms with Gasteiger partial charge in [0.1, 0.15) is 0 Å². The minimum atomic E-state index is -0.639. The zero-order valence-electron chi connectivity index (χ0n) is 4.45. The lowest BCUT2D eigenvalue weighted by molar-refractivity contribution is 1.23. The molecule has 0 aliphatic carbocycles. The molecule has 0 rings (SSSR count). The Hall–Kier alpha value is 1.09. The third-order valence-electron chi connectivity index (χ3n) is 0.289. The fraction of sp³-hybridized carbons (Fsp3) is 0.500. The lowest BCUT2D eigenvalue weighted by Crippen LogP contribution is -1.36. The molecule has 0 aliphatic heterocycles. The minimum Gasteiger partial charge on any atom is -0.309 e. The van der Waals surface area contributed by atoms with Crippen LogP contribution in [-0.4, -0.2) is 18.2 Å². The van der Waals surface area contributed by atoms with E-state index in [1.165, 1.54) is 0 Å². The Labute approximate surface area is 62.2 Å². The van der Waals surface area contributed by atoms with E-state index >= 15 is 0 Å². The SMILES string of the molecule is C=CCC.[Cl][Mg][Cl].